The lowest BCUT2D eigenvalue weighted by Gasteiger charge is -2.29. The monoisotopic (exact) mass is 325 g/mol. The molecule has 0 aromatic heterocycles. The first-order chi connectivity index (χ1) is 11.8. The molecule has 4 heteroatoms. The number of anilines is 1. The highest BCUT2D eigenvalue weighted by Crippen LogP contribution is 2.24. The van der Waals surface area contributed by atoms with Gasteiger partial charge in [-0.1, -0.05) is 30.3 Å². The Bertz CT molecular complexity index is 636. The predicted molar refractivity (Wildman–Crippen MR) is 100 cm³/mol. The van der Waals surface area contributed by atoms with Crippen LogP contribution >= 0.6 is 0 Å². The Morgan fingerprint density at radius 3 is 2.50 bits per heavy atom. The van der Waals surface area contributed by atoms with Gasteiger partial charge in [0.1, 0.15) is 0 Å². The molecular formula is C20H27N3O. The molecule has 0 radical (unpaired) electrons. The van der Waals surface area contributed by atoms with E-state index in [1.54, 1.807) is 0 Å². The van der Waals surface area contributed by atoms with Gasteiger partial charge in [0, 0.05) is 38.4 Å². The van der Waals surface area contributed by atoms with Gasteiger partial charge < -0.3 is 20.3 Å². The van der Waals surface area contributed by atoms with Gasteiger partial charge in [-0.15, -0.1) is 0 Å². The maximum atomic E-state index is 5.63. The molecule has 3 rings (SSSR count). The van der Waals surface area contributed by atoms with Crippen molar-refractivity contribution in [2.75, 3.05) is 51.3 Å². The van der Waals surface area contributed by atoms with Crippen molar-refractivity contribution in [1.82, 2.24) is 4.90 Å². The van der Waals surface area contributed by atoms with Gasteiger partial charge in [0.2, 0.25) is 0 Å². The van der Waals surface area contributed by atoms with Crippen LogP contribution in [0.1, 0.15) is 5.56 Å². The number of benzene rings is 2. The van der Waals surface area contributed by atoms with E-state index in [0.29, 0.717) is 6.54 Å². The van der Waals surface area contributed by atoms with E-state index < -0.39 is 0 Å². The molecule has 1 fully saturated rings. The summed E-state index contributed by atoms with van der Waals surface area (Å²) in [7, 11) is 2.11. The summed E-state index contributed by atoms with van der Waals surface area (Å²) in [5.41, 5.74) is 10.8. The molecule has 0 bridgehead atoms. The Morgan fingerprint density at radius 1 is 1.04 bits per heavy atom. The average Bonchev–Trinajstić information content (AvgIpc) is 2.63. The van der Waals surface area contributed by atoms with Crippen LogP contribution in [0, 0.1) is 0 Å². The minimum absolute atomic E-state index is 0.694. The third kappa shape index (κ3) is 4.35. The second-order valence-corrected chi connectivity index (χ2v) is 6.37. The second-order valence-electron chi connectivity index (χ2n) is 6.37. The molecule has 1 saturated heterocycles. The highest BCUT2D eigenvalue weighted by molar-refractivity contribution is 5.67. The number of hydrogen-bond donors (Lipinski definition) is 1. The van der Waals surface area contributed by atoms with E-state index in [0.717, 1.165) is 39.4 Å². The molecule has 0 aliphatic carbocycles. The molecule has 0 amide bonds. The zero-order valence-corrected chi connectivity index (χ0v) is 14.4. The van der Waals surface area contributed by atoms with Crippen LogP contribution in [-0.4, -0.2) is 51.3 Å². The summed E-state index contributed by atoms with van der Waals surface area (Å²) in [6, 6.07) is 17.6. The van der Waals surface area contributed by atoms with Crippen molar-refractivity contribution in [3.63, 3.8) is 0 Å². The Kier molecular flexibility index (Phi) is 5.86. The number of hydrogen-bond acceptors (Lipinski definition) is 4. The van der Waals surface area contributed by atoms with Crippen LogP contribution in [0.15, 0.2) is 48.5 Å². The van der Waals surface area contributed by atoms with Crippen molar-refractivity contribution in [2.24, 2.45) is 5.73 Å². The zero-order valence-electron chi connectivity index (χ0n) is 14.4. The normalized spacial score (nSPS) is 15.0. The van der Waals surface area contributed by atoms with E-state index in [1.165, 1.54) is 22.4 Å². The van der Waals surface area contributed by atoms with E-state index in [9.17, 15) is 0 Å². The van der Waals surface area contributed by atoms with Crippen molar-refractivity contribution in [3.05, 3.63) is 54.1 Å². The Hall–Kier alpha value is -1.88. The number of morpholine rings is 1. The summed E-state index contributed by atoms with van der Waals surface area (Å²) in [5, 5.41) is 0. The first-order valence-electron chi connectivity index (χ1n) is 8.67. The van der Waals surface area contributed by atoms with Crippen LogP contribution in [0.5, 0.6) is 0 Å². The van der Waals surface area contributed by atoms with Gasteiger partial charge in [-0.05, 0) is 41.9 Å². The first-order valence-corrected chi connectivity index (χ1v) is 8.67. The summed E-state index contributed by atoms with van der Waals surface area (Å²) >= 11 is 0. The van der Waals surface area contributed by atoms with E-state index in [-0.39, 0.29) is 0 Å². The molecule has 2 aromatic rings. The van der Waals surface area contributed by atoms with Crippen LogP contribution < -0.4 is 10.6 Å². The van der Waals surface area contributed by atoms with Gasteiger partial charge >= 0.3 is 0 Å². The molecule has 1 aliphatic rings. The van der Waals surface area contributed by atoms with E-state index in [1.807, 2.05) is 0 Å². The Labute approximate surface area is 144 Å². The Balaban J connectivity index is 1.71. The minimum atomic E-state index is 0.694. The number of nitrogens with two attached hydrogens (primary N) is 1. The maximum Gasteiger partial charge on any atom is 0.0642 e. The molecule has 2 N–H and O–H groups in total. The minimum Gasteiger partial charge on any atom is -0.378 e. The molecule has 0 spiro atoms. The summed E-state index contributed by atoms with van der Waals surface area (Å²) in [6.45, 7) is 6.12. The van der Waals surface area contributed by atoms with Crippen LogP contribution in [0.2, 0.25) is 0 Å². The van der Waals surface area contributed by atoms with Gasteiger partial charge in [-0.2, -0.15) is 0 Å². The van der Waals surface area contributed by atoms with Crippen molar-refractivity contribution in [3.8, 4) is 11.1 Å². The lowest BCUT2D eigenvalue weighted by Crippen LogP contribution is -2.36. The lowest BCUT2D eigenvalue weighted by molar-refractivity contribution is 0.122. The molecule has 0 saturated carbocycles. The van der Waals surface area contributed by atoms with Crippen molar-refractivity contribution >= 4 is 5.69 Å². The summed E-state index contributed by atoms with van der Waals surface area (Å²) in [5.74, 6) is 0. The largest absolute Gasteiger partial charge is 0.378 e. The summed E-state index contributed by atoms with van der Waals surface area (Å²) < 4.78 is 5.42. The fourth-order valence-corrected chi connectivity index (χ4v) is 3.15. The molecular weight excluding hydrogens is 298 g/mol. The molecule has 24 heavy (non-hydrogen) atoms. The van der Waals surface area contributed by atoms with Gasteiger partial charge in [0.15, 0.2) is 0 Å². The molecule has 1 aliphatic heterocycles. The topological polar surface area (TPSA) is 41.7 Å². The van der Waals surface area contributed by atoms with Gasteiger partial charge in [0.05, 0.1) is 13.2 Å². The molecule has 2 aromatic carbocycles. The predicted octanol–water partition coefficient (Wildman–Crippen LogP) is 2.58. The van der Waals surface area contributed by atoms with E-state index in [4.69, 9.17) is 10.5 Å². The van der Waals surface area contributed by atoms with Crippen LogP contribution in [0.3, 0.4) is 0 Å². The van der Waals surface area contributed by atoms with Crippen LogP contribution in [0.25, 0.3) is 11.1 Å². The molecule has 0 atom stereocenters. The SMILES string of the molecule is CN(CCN)Cc1cccc(-c2ccc(N3CCOCC3)cc2)c1. The number of likely N-dealkylation sites (N-methyl/N-ethyl adjacent to an activating group) is 1. The maximum absolute atomic E-state index is 5.63. The number of rotatable bonds is 6. The zero-order chi connectivity index (χ0) is 16.8. The van der Waals surface area contributed by atoms with Gasteiger partial charge in [-0.3, -0.25) is 0 Å². The molecule has 0 unspecified atom stereocenters. The van der Waals surface area contributed by atoms with Crippen LogP contribution in [-0.2, 0) is 11.3 Å². The smallest absolute Gasteiger partial charge is 0.0642 e. The molecule has 1 heterocycles. The number of ether oxygens (including phenoxy) is 1. The van der Waals surface area contributed by atoms with E-state index in [2.05, 4.69) is 65.4 Å². The quantitative estimate of drug-likeness (QED) is 0.886. The van der Waals surface area contributed by atoms with Crippen molar-refractivity contribution < 1.29 is 4.74 Å². The summed E-state index contributed by atoms with van der Waals surface area (Å²) in [4.78, 5) is 4.63. The van der Waals surface area contributed by atoms with Gasteiger partial charge in [0.25, 0.3) is 0 Å². The third-order valence-corrected chi connectivity index (χ3v) is 4.47. The van der Waals surface area contributed by atoms with Crippen molar-refractivity contribution in [2.45, 2.75) is 6.54 Å². The van der Waals surface area contributed by atoms with E-state index >= 15 is 0 Å². The van der Waals surface area contributed by atoms with Gasteiger partial charge in [-0.25, -0.2) is 0 Å². The van der Waals surface area contributed by atoms with Crippen molar-refractivity contribution in [1.29, 1.82) is 0 Å². The number of nitrogens with zero attached hydrogens (tertiary/aromatic N) is 2. The summed E-state index contributed by atoms with van der Waals surface area (Å²) in [6.07, 6.45) is 0. The fraction of sp³-hybridized carbons (Fsp3) is 0.400. The Morgan fingerprint density at radius 2 is 1.79 bits per heavy atom. The fourth-order valence-electron chi connectivity index (χ4n) is 3.15. The molecule has 4 nitrogen and oxygen atoms in total. The second kappa shape index (κ2) is 8.29. The lowest BCUT2D eigenvalue weighted by atomic mass is 10.0. The standard InChI is InChI=1S/C20H27N3O/c1-22(10-9-21)16-17-3-2-4-19(15-17)18-5-7-20(8-6-18)23-11-13-24-14-12-23/h2-8,15H,9-14,16,21H2,1H3. The molecule has 128 valence electrons. The average molecular weight is 325 g/mol. The van der Waals surface area contributed by atoms with Crippen LogP contribution in [0.4, 0.5) is 5.69 Å². The first kappa shape index (κ1) is 17.0. The third-order valence-electron chi connectivity index (χ3n) is 4.47. The highest BCUT2D eigenvalue weighted by atomic mass is 16.5. The highest BCUT2D eigenvalue weighted by Gasteiger charge is 2.11.